The molecule has 0 saturated carbocycles. The van der Waals surface area contributed by atoms with Crippen LogP contribution >= 0.6 is 0 Å². The monoisotopic (exact) mass is 378 g/mol. The minimum absolute atomic E-state index is 0.0470. The van der Waals surface area contributed by atoms with Gasteiger partial charge in [-0.05, 0) is 25.8 Å². The molecule has 6 heteroatoms. The van der Waals surface area contributed by atoms with Crippen molar-refractivity contribution >= 4 is 23.2 Å². The Balaban J connectivity index is 1.69. The number of esters is 1. The van der Waals surface area contributed by atoms with Crippen molar-refractivity contribution in [3.8, 4) is 0 Å². The van der Waals surface area contributed by atoms with Gasteiger partial charge in [0.25, 0.3) is 0 Å². The summed E-state index contributed by atoms with van der Waals surface area (Å²) in [6.45, 7) is 2.53. The van der Waals surface area contributed by atoms with Gasteiger partial charge in [0, 0.05) is 28.9 Å². The third-order valence-corrected chi connectivity index (χ3v) is 5.41. The fraction of sp³-hybridized carbons (Fsp3) is 0.318. The SMILES string of the molecule is C[C@H](N)C(=O)OC[C@@H]1CCCN1c1cccc2c1C(=O)c1ccccc1C2=O. The smallest absolute Gasteiger partial charge is 0.322 e. The number of nitrogens with two attached hydrogens (primary N) is 1. The van der Waals surface area contributed by atoms with Crippen LogP contribution in [0.5, 0.6) is 0 Å². The van der Waals surface area contributed by atoms with Gasteiger partial charge in [0.05, 0.1) is 11.6 Å². The van der Waals surface area contributed by atoms with E-state index >= 15 is 0 Å². The Bertz CT molecular complexity index is 967. The largest absolute Gasteiger partial charge is 0.462 e. The lowest BCUT2D eigenvalue weighted by atomic mass is 9.83. The van der Waals surface area contributed by atoms with Crippen LogP contribution in [0.2, 0.25) is 0 Å². The summed E-state index contributed by atoms with van der Waals surface area (Å²) in [5.74, 6) is -0.715. The first kappa shape index (κ1) is 18.4. The van der Waals surface area contributed by atoms with Crippen molar-refractivity contribution in [3.05, 3.63) is 64.7 Å². The maximum Gasteiger partial charge on any atom is 0.322 e. The van der Waals surface area contributed by atoms with E-state index in [1.54, 1.807) is 43.3 Å². The van der Waals surface area contributed by atoms with Gasteiger partial charge in [-0.3, -0.25) is 14.4 Å². The van der Waals surface area contributed by atoms with Gasteiger partial charge in [-0.2, -0.15) is 0 Å². The molecule has 0 bridgehead atoms. The lowest BCUT2D eigenvalue weighted by Crippen LogP contribution is -2.38. The molecule has 1 fully saturated rings. The highest BCUT2D eigenvalue weighted by Gasteiger charge is 2.35. The molecule has 0 aromatic heterocycles. The van der Waals surface area contributed by atoms with E-state index in [1.807, 2.05) is 6.07 Å². The van der Waals surface area contributed by atoms with Crippen LogP contribution in [0, 0.1) is 0 Å². The molecule has 1 aliphatic carbocycles. The Kier molecular flexibility index (Phi) is 4.73. The fourth-order valence-electron chi connectivity index (χ4n) is 4.00. The van der Waals surface area contributed by atoms with E-state index in [1.165, 1.54) is 0 Å². The molecule has 0 spiro atoms. The quantitative estimate of drug-likeness (QED) is 0.701. The van der Waals surface area contributed by atoms with E-state index in [4.69, 9.17) is 10.5 Å². The lowest BCUT2D eigenvalue weighted by Gasteiger charge is -2.30. The van der Waals surface area contributed by atoms with Crippen molar-refractivity contribution in [2.75, 3.05) is 18.1 Å². The van der Waals surface area contributed by atoms with Crippen LogP contribution in [0.15, 0.2) is 42.5 Å². The Labute approximate surface area is 163 Å². The maximum absolute atomic E-state index is 13.2. The number of benzene rings is 2. The van der Waals surface area contributed by atoms with E-state index in [9.17, 15) is 14.4 Å². The summed E-state index contributed by atoms with van der Waals surface area (Å²) in [5.41, 5.74) is 8.05. The zero-order chi connectivity index (χ0) is 19.8. The first-order valence-corrected chi connectivity index (χ1v) is 9.49. The Morgan fingerprint density at radius 1 is 1.11 bits per heavy atom. The molecule has 28 heavy (non-hydrogen) atoms. The van der Waals surface area contributed by atoms with Crippen molar-refractivity contribution in [1.82, 2.24) is 0 Å². The Morgan fingerprint density at radius 3 is 2.50 bits per heavy atom. The molecule has 4 rings (SSSR count). The van der Waals surface area contributed by atoms with Crippen molar-refractivity contribution in [2.45, 2.75) is 31.8 Å². The van der Waals surface area contributed by atoms with E-state index in [2.05, 4.69) is 4.90 Å². The number of fused-ring (bicyclic) bond motifs is 2. The molecule has 2 aromatic carbocycles. The summed E-state index contributed by atoms with van der Waals surface area (Å²) in [4.78, 5) is 40.0. The lowest BCUT2D eigenvalue weighted by molar-refractivity contribution is -0.145. The number of carbonyl (C=O) groups excluding carboxylic acids is 3. The summed E-state index contributed by atoms with van der Waals surface area (Å²) in [7, 11) is 0. The van der Waals surface area contributed by atoms with Gasteiger partial charge in [0.1, 0.15) is 12.6 Å². The normalized spacial score (nSPS) is 19.2. The van der Waals surface area contributed by atoms with Gasteiger partial charge < -0.3 is 15.4 Å². The molecule has 2 N–H and O–H groups in total. The molecule has 6 nitrogen and oxygen atoms in total. The highest BCUT2D eigenvalue weighted by Crippen LogP contribution is 2.36. The van der Waals surface area contributed by atoms with Crippen LogP contribution in [-0.4, -0.2) is 42.8 Å². The molecule has 1 saturated heterocycles. The van der Waals surface area contributed by atoms with Crippen molar-refractivity contribution in [1.29, 1.82) is 0 Å². The summed E-state index contributed by atoms with van der Waals surface area (Å²) in [6.07, 6.45) is 1.76. The van der Waals surface area contributed by atoms with Gasteiger partial charge >= 0.3 is 5.97 Å². The second kappa shape index (κ2) is 7.20. The van der Waals surface area contributed by atoms with E-state index in [0.29, 0.717) is 22.3 Å². The van der Waals surface area contributed by atoms with Crippen LogP contribution in [0.3, 0.4) is 0 Å². The van der Waals surface area contributed by atoms with Crippen molar-refractivity contribution in [3.63, 3.8) is 0 Å². The molecular formula is C22H22N2O4. The molecule has 2 aromatic rings. The van der Waals surface area contributed by atoms with E-state index in [-0.39, 0.29) is 24.2 Å². The first-order chi connectivity index (χ1) is 13.5. The molecule has 0 radical (unpaired) electrons. The average molecular weight is 378 g/mol. The second-order valence-electron chi connectivity index (χ2n) is 7.31. The summed E-state index contributed by atoms with van der Waals surface area (Å²) >= 11 is 0. The standard InChI is InChI=1S/C22H22N2O4/c1-13(23)22(27)28-12-14-6-5-11-24(14)18-10-4-9-17-19(18)21(26)16-8-3-2-7-15(16)20(17)25/h2-4,7-10,13-14H,5-6,11-12,23H2,1H3/t13-,14-/m0/s1. The number of rotatable bonds is 4. The molecule has 1 aliphatic heterocycles. The summed E-state index contributed by atoms with van der Waals surface area (Å²) in [5, 5.41) is 0. The van der Waals surface area contributed by atoms with Gasteiger partial charge in [-0.15, -0.1) is 0 Å². The van der Waals surface area contributed by atoms with Crippen LogP contribution in [-0.2, 0) is 9.53 Å². The molecule has 2 aliphatic rings. The number of nitrogens with zero attached hydrogens (tertiary/aromatic N) is 1. The molecule has 2 atom stereocenters. The van der Waals surface area contributed by atoms with Crippen LogP contribution in [0.25, 0.3) is 0 Å². The minimum atomic E-state index is -0.671. The topological polar surface area (TPSA) is 89.7 Å². The van der Waals surface area contributed by atoms with E-state index < -0.39 is 12.0 Å². The Hall–Kier alpha value is -2.99. The maximum atomic E-state index is 13.2. The number of anilines is 1. The number of ether oxygens (including phenoxy) is 1. The van der Waals surface area contributed by atoms with Gasteiger partial charge in [-0.1, -0.05) is 36.4 Å². The minimum Gasteiger partial charge on any atom is -0.462 e. The van der Waals surface area contributed by atoms with Crippen molar-refractivity contribution in [2.24, 2.45) is 5.73 Å². The zero-order valence-corrected chi connectivity index (χ0v) is 15.7. The highest BCUT2D eigenvalue weighted by molar-refractivity contribution is 6.30. The third kappa shape index (κ3) is 2.99. The Morgan fingerprint density at radius 2 is 1.79 bits per heavy atom. The molecule has 0 amide bonds. The molecule has 144 valence electrons. The van der Waals surface area contributed by atoms with Crippen LogP contribution in [0.1, 0.15) is 51.6 Å². The number of hydrogen-bond acceptors (Lipinski definition) is 6. The number of ketones is 2. The summed E-state index contributed by atoms with van der Waals surface area (Å²) in [6, 6.07) is 11.6. The molecule has 1 heterocycles. The average Bonchev–Trinajstić information content (AvgIpc) is 3.18. The van der Waals surface area contributed by atoms with Gasteiger partial charge in [0.2, 0.25) is 0 Å². The van der Waals surface area contributed by atoms with Gasteiger partial charge in [-0.25, -0.2) is 0 Å². The first-order valence-electron chi connectivity index (χ1n) is 9.49. The molecular weight excluding hydrogens is 356 g/mol. The number of carbonyl (C=O) groups is 3. The van der Waals surface area contributed by atoms with Crippen LogP contribution in [0.4, 0.5) is 5.69 Å². The van der Waals surface area contributed by atoms with Gasteiger partial charge in [0.15, 0.2) is 11.6 Å². The highest BCUT2D eigenvalue weighted by atomic mass is 16.5. The molecule has 0 unspecified atom stereocenters. The van der Waals surface area contributed by atoms with Crippen molar-refractivity contribution < 1.29 is 19.1 Å². The number of hydrogen-bond donors (Lipinski definition) is 1. The van der Waals surface area contributed by atoms with E-state index in [0.717, 1.165) is 25.1 Å². The second-order valence-corrected chi connectivity index (χ2v) is 7.31. The summed E-state index contributed by atoms with van der Waals surface area (Å²) < 4.78 is 5.33. The predicted molar refractivity (Wildman–Crippen MR) is 105 cm³/mol. The third-order valence-electron chi connectivity index (χ3n) is 5.41. The fourth-order valence-corrected chi connectivity index (χ4v) is 4.00. The zero-order valence-electron chi connectivity index (χ0n) is 15.7. The predicted octanol–water partition coefficient (Wildman–Crippen LogP) is 2.32. The van der Waals surface area contributed by atoms with Crippen LogP contribution < -0.4 is 10.6 Å².